The van der Waals surface area contributed by atoms with Crippen LogP contribution in [0.4, 0.5) is 5.69 Å². The average Bonchev–Trinajstić information content (AvgIpc) is 2.44. The summed E-state index contributed by atoms with van der Waals surface area (Å²) >= 11 is 2.26. The maximum atomic E-state index is 12.0. The van der Waals surface area contributed by atoms with Crippen LogP contribution in [0, 0.1) is 17.4 Å². The van der Waals surface area contributed by atoms with Crippen LogP contribution in [-0.2, 0) is 0 Å². The standard InChI is InChI=1S/C17H16INO/c1-12-3-4-14(11-13(12)2)17(20)9-10-19-16-7-5-15(18)6-8-16/h3-11,19H,1-2H3. The average molecular weight is 377 g/mol. The van der Waals surface area contributed by atoms with Gasteiger partial charge in [0.25, 0.3) is 0 Å². The second-order valence-electron chi connectivity index (χ2n) is 4.65. The molecule has 0 aliphatic carbocycles. The van der Waals surface area contributed by atoms with Crippen molar-refractivity contribution in [1.29, 1.82) is 0 Å². The first-order chi connectivity index (χ1) is 9.56. The van der Waals surface area contributed by atoms with Crippen LogP contribution in [0.1, 0.15) is 21.5 Å². The van der Waals surface area contributed by atoms with E-state index in [0.717, 1.165) is 11.3 Å². The molecule has 2 aromatic carbocycles. The molecular formula is C17H16INO. The molecule has 0 saturated carbocycles. The molecule has 0 aromatic heterocycles. The molecule has 0 heterocycles. The molecule has 0 atom stereocenters. The number of allylic oxidation sites excluding steroid dienone is 1. The van der Waals surface area contributed by atoms with Crippen LogP contribution >= 0.6 is 22.6 Å². The van der Waals surface area contributed by atoms with Crippen LogP contribution in [0.3, 0.4) is 0 Å². The van der Waals surface area contributed by atoms with Gasteiger partial charge in [0.05, 0.1) is 0 Å². The van der Waals surface area contributed by atoms with Crippen molar-refractivity contribution in [1.82, 2.24) is 0 Å². The Kier molecular flexibility index (Phi) is 4.95. The molecule has 1 N–H and O–H groups in total. The molecule has 3 heteroatoms. The third kappa shape index (κ3) is 3.93. The summed E-state index contributed by atoms with van der Waals surface area (Å²) in [5.74, 6) is 0.00566. The number of hydrogen-bond donors (Lipinski definition) is 1. The van der Waals surface area contributed by atoms with Crippen LogP contribution in [0.15, 0.2) is 54.7 Å². The highest BCUT2D eigenvalue weighted by Crippen LogP contribution is 2.12. The summed E-state index contributed by atoms with van der Waals surface area (Å²) in [5, 5.41) is 3.09. The predicted molar refractivity (Wildman–Crippen MR) is 92.2 cm³/mol. The minimum atomic E-state index is 0.00566. The van der Waals surface area contributed by atoms with Gasteiger partial charge in [0, 0.05) is 27.1 Å². The molecule has 2 rings (SSSR count). The monoisotopic (exact) mass is 377 g/mol. The van der Waals surface area contributed by atoms with E-state index in [1.165, 1.54) is 9.13 Å². The third-order valence-electron chi connectivity index (χ3n) is 3.12. The summed E-state index contributed by atoms with van der Waals surface area (Å²) in [5.41, 5.74) is 4.01. The van der Waals surface area contributed by atoms with Crippen LogP contribution in [0.25, 0.3) is 0 Å². The maximum absolute atomic E-state index is 12.0. The first-order valence-electron chi connectivity index (χ1n) is 6.36. The normalized spacial score (nSPS) is 10.8. The molecule has 0 fully saturated rings. The first kappa shape index (κ1) is 14.8. The van der Waals surface area contributed by atoms with E-state index in [1.54, 1.807) is 12.3 Å². The van der Waals surface area contributed by atoms with E-state index in [4.69, 9.17) is 0 Å². The molecule has 0 radical (unpaired) electrons. The first-order valence-corrected chi connectivity index (χ1v) is 7.44. The summed E-state index contributed by atoms with van der Waals surface area (Å²) < 4.78 is 1.18. The Bertz CT molecular complexity index is 645. The number of halogens is 1. The van der Waals surface area contributed by atoms with Gasteiger partial charge in [0.2, 0.25) is 0 Å². The number of carbonyl (C=O) groups excluding carboxylic acids is 1. The minimum Gasteiger partial charge on any atom is -0.362 e. The number of benzene rings is 2. The number of carbonyl (C=O) groups is 1. The Morgan fingerprint density at radius 2 is 1.75 bits per heavy atom. The fourth-order valence-corrected chi connectivity index (χ4v) is 2.11. The van der Waals surface area contributed by atoms with Crippen molar-refractivity contribution in [3.8, 4) is 0 Å². The largest absolute Gasteiger partial charge is 0.362 e. The van der Waals surface area contributed by atoms with E-state index in [1.807, 2.05) is 56.3 Å². The molecule has 0 aliphatic rings. The van der Waals surface area contributed by atoms with Crippen molar-refractivity contribution in [3.63, 3.8) is 0 Å². The maximum Gasteiger partial charge on any atom is 0.187 e. The molecule has 0 unspecified atom stereocenters. The molecule has 0 spiro atoms. The number of hydrogen-bond acceptors (Lipinski definition) is 2. The van der Waals surface area contributed by atoms with E-state index >= 15 is 0 Å². The number of ketones is 1. The van der Waals surface area contributed by atoms with Gasteiger partial charge in [-0.05, 0) is 77.9 Å². The lowest BCUT2D eigenvalue weighted by molar-refractivity contribution is 0.104. The number of nitrogens with one attached hydrogen (secondary N) is 1. The fraction of sp³-hybridized carbons (Fsp3) is 0.118. The molecular weight excluding hydrogens is 361 g/mol. The predicted octanol–water partition coefficient (Wildman–Crippen LogP) is 4.72. The van der Waals surface area contributed by atoms with Gasteiger partial charge in [-0.3, -0.25) is 4.79 Å². The van der Waals surface area contributed by atoms with Gasteiger partial charge >= 0.3 is 0 Å². The summed E-state index contributed by atoms with van der Waals surface area (Å²) in [6, 6.07) is 13.7. The van der Waals surface area contributed by atoms with E-state index in [9.17, 15) is 4.79 Å². The quantitative estimate of drug-likeness (QED) is 0.475. The van der Waals surface area contributed by atoms with Gasteiger partial charge in [0.1, 0.15) is 0 Å². The lowest BCUT2D eigenvalue weighted by Crippen LogP contribution is -1.97. The van der Waals surface area contributed by atoms with Crippen molar-refractivity contribution in [2.45, 2.75) is 13.8 Å². The zero-order valence-electron chi connectivity index (χ0n) is 11.5. The van der Waals surface area contributed by atoms with E-state index in [2.05, 4.69) is 27.9 Å². The molecule has 0 bridgehead atoms. The molecule has 102 valence electrons. The summed E-state index contributed by atoms with van der Waals surface area (Å²) in [4.78, 5) is 12.0. The van der Waals surface area contributed by atoms with Crippen LogP contribution < -0.4 is 5.32 Å². The summed E-state index contributed by atoms with van der Waals surface area (Å²) in [6.07, 6.45) is 3.24. The Hall–Kier alpha value is -1.62. The van der Waals surface area contributed by atoms with Gasteiger partial charge < -0.3 is 5.32 Å². The topological polar surface area (TPSA) is 29.1 Å². The molecule has 0 saturated heterocycles. The SMILES string of the molecule is Cc1ccc(C(=O)C=CNc2ccc(I)cc2)cc1C. The number of rotatable bonds is 4. The Labute approximate surface area is 133 Å². The molecule has 2 nitrogen and oxygen atoms in total. The van der Waals surface area contributed by atoms with E-state index in [-0.39, 0.29) is 5.78 Å². The van der Waals surface area contributed by atoms with Crippen LogP contribution in [0.5, 0.6) is 0 Å². The van der Waals surface area contributed by atoms with Crippen LogP contribution in [-0.4, -0.2) is 5.78 Å². The van der Waals surface area contributed by atoms with Gasteiger partial charge in [-0.25, -0.2) is 0 Å². The van der Waals surface area contributed by atoms with Crippen molar-refractivity contribution in [2.75, 3.05) is 5.32 Å². The Balaban J connectivity index is 2.01. The molecule has 0 amide bonds. The number of anilines is 1. The molecule has 0 aliphatic heterocycles. The van der Waals surface area contributed by atoms with Crippen molar-refractivity contribution in [2.24, 2.45) is 0 Å². The van der Waals surface area contributed by atoms with E-state index < -0.39 is 0 Å². The second-order valence-corrected chi connectivity index (χ2v) is 5.89. The zero-order valence-corrected chi connectivity index (χ0v) is 13.6. The minimum absolute atomic E-state index is 0.00566. The zero-order chi connectivity index (χ0) is 14.5. The van der Waals surface area contributed by atoms with Gasteiger partial charge in [-0.1, -0.05) is 12.1 Å². The van der Waals surface area contributed by atoms with Gasteiger partial charge in [-0.15, -0.1) is 0 Å². The highest BCUT2D eigenvalue weighted by molar-refractivity contribution is 14.1. The second kappa shape index (κ2) is 6.70. The summed E-state index contributed by atoms with van der Waals surface area (Å²) in [7, 11) is 0. The fourth-order valence-electron chi connectivity index (χ4n) is 1.75. The Morgan fingerprint density at radius 3 is 2.40 bits per heavy atom. The van der Waals surface area contributed by atoms with Crippen molar-refractivity contribution in [3.05, 3.63) is 75.0 Å². The van der Waals surface area contributed by atoms with Gasteiger partial charge in [-0.2, -0.15) is 0 Å². The van der Waals surface area contributed by atoms with Crippen molar-refractivity contribution >= 4 is 34.1 Å². The molecule has 2 aromatic rings. The summed E-state index contributed by atoms with van der Waals surface area (Å²) in [6.45, 7) is 4.05. The molecule has 20 heavy (non-hydrogen) atoms. The van der Waals surface area contributed by atoms with Crippen LogP contribution in [0.2, 0.25) is 0 Å². The third-order valence-corrected chi connectivity index (χ3v) is 3.84. The smallest absolute Gasteiger partial charge is 0.187 e. The van der Waals surface area contributed by atoms with Gasteiger partial charge in [0.15, 0.2) is 5.78 Å². The lowest BCUT2D eigenvalue weighted by Gasteiger charge is -2.02. The highest BCUT2D eigenvalue weighted by Gasteiger charge is 2.02. The highest BCUT2D eigenvalue weighted by atomic mass is 127. The van der Waals surface area contributed by atoms with E-state index in [0.29, 0.717) is 5.56 Å². The Morgan fingerprint density at radius 1 is 1.05 bits per heavy atom. The number of aryl methyl sites for hydroxylation is 2. The lowest BCUT2D eigenvalue weighted by atomic mass is 10.0. The van der Waals surface area contributed by atoms with Crippen molar-refractivity contribution < 1.29 is 4.79 Å².